The molecule has 0 aliphatic rings. The van der Waals surface area contributed by atoms with Crippen molar-refractivity contribution in [2.45, 2.75) is 20.8 Å². The molecule has 0 aromatic heterocycles. The van der Waals surface area contributed by atoms with E-state index in [0.717, 1.165) is 0 Å². The summed E-state index contributed by atoms with van der Waals surface area (Å²) in [6.45, 7) is 5.62. The van der Waals surface area contributed by atoms with Gasteiger partial charge >= 0.3 is 11.9 Å². The molecule has 0 fully saturated rings. The van der Waals surface area contributed by atoms with Crippen molar-refractivity contribution >= 4 is 11.9 Å². The van der Waals surface area contributed by atoms with Gasteiger partial charge in [0.2, 0.25) is 0 Å². The average Bonchev–Trinajstić information content (AvgIpc) is 2.10. The first-order valence-electron chi connectivity index (χ1n) is 4.21. The van der Waals surface area contributed by atoms with E-state index < -0.39 is 11.9 Å². The molecule has 0 atom stereocenters. The van der Waals surface area contributed by atoms with E-state index in [4.69, 9.17) is 0 Å². The van der Waals surface area contributed by atoms with Crippen molar-refractivity contribution in [2.24, 2.45) is 5.41 Å². The standard InChI is InChI=1S/C10H16O4.V/c1-10(2,3)6-7(8(11)13-4)9(12)14-5;/h6H,1-5H3;. The molecule has 15 heavy (non-hydrogen) atoms. The Hall–Kier alpha value is -0.736. The second-order valence-electron chi connectivity index (χ2n) is 3.91. The van der Waals surface area contributed by atoms with Crippen LogP contribution in [0.5, 0.6) is 0 Å². The van der Waals surface area contributed by atoms with Gasteiger partial charge in [-0.25, -0.2) is 9.59 Å². The second-order valence-corrected chi connectivity index (χ2v) is 3.91. The van der Waals surface area contributed by atoms with Crippen molar-refractivity contribution in [3.05, 3.63) is 11.6 Å². The number of hydrogen-bond acceptors (Lipinski definition) is 4. The van der Waals surface area contributed by atoms with E-state index in [1.807, 2.05) is 20.8 Å². The van der Waals surface area contributed by atoms with Gasteiger partial charge in [-0.3, -0.25) is 0 Å². The summed E-state index contributed by atoms with van der Waals surface area (Å²) in [5, 5.41) is 0. The van der Waals surface area contributed by atoms with E-state index in [1.54, 1.807) is 0 Å². The Labute approximate surface area is 102 Å². The van der Waals surface area contributed by atoms with E-state index in [-0.39, 0.29) is 29.5 Å². The van der Waals surface area contributed by atoms with E-state index in [2.05, 4.69) is 9.47 Å². The predicted octanol–water partition coefficient (Wildman–Crippen LogP) is 1.30. The quantitative estimate of drug-likeness (QED) is 0.321. The first kappa shape index (κ1) is 16.7. The molecule has 85 valence electrons. The van der Waals surface area contributed by atoms with Crippen molar-refractivity contribution in [1.82, 2.24) is 0 Å². The smallest absolute Gasteiger partial charge is 0.344 e. The van der Waals surface area contributed by atoms with Crippen molar-refractivity contribution in [3.63, 3.8) is 0 Å². The fourth-order valence-electron chi connectivity index (χ4n) is 0.854. The summed E-state index contributed by atoms with van der Waals surface area (Å²) in [4.78, 5) is 22.4. The van der Waals surface area contributed by atoms with E-state index >= 15 is 0 Å². The van der Waals surface area contributed by atoms with Gasteiger partial charge in [-0.15, -0.1) is 0 Å². The van der Waals surface area contributed by atoms with Crippen molar-refractivity contribution in [1.29, 1.82) is 0 Å². The Balaban J connectivity index is 0. The van der Waals surface area contributed by atoms with Crippen LogP contribution >= 0.6 is 0 Å². The fourth-order valence-corrected chi connectivity index (χ4v) is 0.854. The number of allylic oxidation sites excluding steroid dienone is 1. The molecule has 0 unspecified atom stereocenters. The van der Waals surface area contributed by atoms with E-state index in [9.17, 15) is 9.59 Å². The molecule has 0 rings (SSSR count). The first-order chi connectivity index (χ1) is 6.31. The van der Waals surface area contributed by atoms with Gasteiger partial charge in [0.25, 0.3) is 0 Å². The number of carbonyl (C=O) groups excluding carboxylic acids is 2. The summed E-state index contributed by atoms with van der Waals surface area (Å²) in [5.74, 6) is -1.35. The molecule has 0 aliphatic carbocycles. The van der Waals surface area contributed by atoms with Crippen LogP contribution in [0, 0.1) is 5.41 Å². The van der Waals surface area contributed by atoms with Crippen LogP contribution in [-0.4, -0.2) is 26.2 Å². The van der Waals surface area contributed by atoms with Crippen LogP contribution in [-0.2, 0) is 37.6 Å². The molecule has 4 nitrogen and oxygen atoms in total. The fraction of sp³-hybridized carbons (Fsp3) is 0.600. The third kappa shape index (κ3) is 6.36. The number of hydrogen-bond donors (Lipinski definition) is 0. The maximum atomic E-state index is 11.2. The number of rotatable bonds is 2. The van der Waals surface area contributed by atoms with Crippen LogP contribution in [0.4, 0.5) is 0 Å². The number of methoxy groups -OCH3 is 2. The zero-order valence-electron chi connectivity index (χ0n) is 9.66. The van der Waals surface area contributed by atoms with Crippen LogP contribution in [0.1, 0.15) is 20.8 Å². The summed E-state index contributed by atoms with van der Waals surface area (Å²) >= 11 is 0. The average molecular weight is 251 g/mol. The summed E-state index contributed by atoms with van der Waals surface area (Å²) in [6, 6.07) is 0. The van der Waals surface area contributed by atoms with Gasteiger partial charge in [0, 0.05) is 18.6 Å². The molecule has 0 aromatic carbocycles. The van der Waals surface area contributed by atoms with E-state index in [1.165, 1.54) is 20.3 Å². The van der Waals surface area contributed by atoms with Gasteiger partial charge in [-0.2, -0.15) is 0 Å². The van der Waals surface area contributed by atoms with Gasteiger partial charge < -0.3 is 9.47 Å². The predicted molar refractivity (Wildman–Crippen MR) is 51.6 cm³/mol. The minimum atomic E-state index is -0.674. The minimum absolute atomic E-state index is 0. The third-order valence-corrected chi connectivity index (χ3v) is 1.39. The number of esters is 2. The topological polar surface area (TPSA) is 52.6 Å². The molecule has 5 heteroatoms. The molecule has 0 spiro atoms. The number of carbonyl (C=O) groups is 2. The molecule has 0 bridgehead atoms. The molecule has 0 heterocycles. The third-order valence-electron chi connectivity index (χ3n) is 1.39. The SMILES string of the molecule is COC(=O)C(=CC(C)(C)C)C(=O)OC.[V]. The Morgan fingerprint density at radius 2 is 1.33 bits per heavy atom. The van der Waals surface area contributed by atoms with Crippen molar-refractivity contribution in [3.8, 4) is 0 Å². The van der Waals surface area contributed by atoms with Crippen molar-refractivity contribution < 1.29 is 37.6 Å². The zero-order valence-corrected chi connectivity index (χ0v) is 11.1. The Bertz CT molecular complexity index is 245. The van der Waals surface area contributed by atoms with Gasteiger partial charge in [-0.1, -0.05) is 26.8 Å². The summed E-state index contributed by atoms with van der Waals surface area (Å²) < 4.78 is 8.95. The molecule has 0 aliphatic heterocycles. The van der Waals surface area contributed by atoms with Gasteiger partial charge in [0.1, 0.15) is 5.57 Å². The maximum absolute atomic E-state index is 11.2. The normalized spacial score (nSPS) is 9.67. The molecule has 0 saturated heterocycles. The zero-order chi connectivity index (χ0) is 11.4. The molecule has 0 aromatic rings. The van der Waals surface area contributed by atoms with Gasteiger partial charge in [0.05, 0.1) is 14.2 Å². The molecule has 0 amide bonds. The summed E-state index contributed by atoms with van der Waals surface area (Å²) in [6.07, 6.45) is 1.53. The molecule has 0 N–H and O–H groups in total. The van der Waals surface area contributed by atoms with Crippen molar-refractivity contribution in [2.75, 3.05) is 14.2 Å². The molecular weight excluding hydrogens is 235 g/mol. The van der Waals surface area contributed by atoms with Crippen LogP contribution in [0.2, 0.25) is 0 Å². The monoisotopic (exact) mass is 251 g/mol. The summed E-state index contributed by atoms with van der Waals surface area (Å²) in [5.41, 5.74) is -0.347. The molecule has 0 saturated carbocycles. The van der Waals surface area contributed by atoms with E-state index in [0.29, 0.717) is 0 Å². The Morgan fingerprint density at radius 3 is 1.53 bits per heavy atom. The summed E-state index contributed by atoms with van der Waals surface area (Å²) in [7, 11) is 2.45. The number of ether oxygens (including phenoxy) is 2. The Morgan fingerprint density at radius 1 is 1.00 bits per heavy atom. The van der Waals surface area contributed by atoms with Crippen LogP contribution in [0.25, 0.3) is 0 Å². The second kappa shape index (κ2) is 6.69. The molecule has 1 radical (unpaired) electrons. The van der Waals surface area contributed by atoms with Gasteiger partial charge in [0.15, 0.2) is 0 Å². The molecular formula is C10H16O4V. The van der Waals surface area contributed by atoms with Crippen LogP contribution in [0.15, 0.2) is 11.6 Å². The van der Waals surface area contributed by atoms with Gasteiger partial charge in [-0.05, 0) is 5.41 Å². The Kier molecular flexibility index (Phi) is 7.45. The van der Waals surface area contributed by atoms with Crippen LogP contribution in [0.3, 0.4) is 0 Å². The maximum Gasteiger partial charge on any atom is 0.344 e. The largest absolute Gasteiger partial charge is 0.465 e. The minimum Gasteiger partial charge on any atom is -0.465 e. The van der Waals surface area contributed by atoms with Crippen LogP contribution < -0.4 is 0 Å². The first-order valence-corrected chi connectivity index (χ1v) is 4.21.